The molecule has 4 rings (SSSR count). The Morgan fingerprint density at radius 3 is 2.89 bits per heavy atom. The van der Waals surface area contributed by atoms with Gasteiger partial charge in [0.25, 0.3) is 11.8 Å². The molecule has 0 saturated carbocycles. The number of thiazole rings is 1. The molecule has 0 bridgehead atoms. The highest BCUT2D eigenvalue weighted by Gasteiger charge is 2.54. The summed E-state index contributed by atoms with van der Waals surface area (Å²) >= 11 is 5.16. The van der Waals surface area contributed by atoms with Gasteiger partial charge in [-0.15, -0.1) is 34.9 Å². The van der Waals surface area contributed by atoms with Crippen molar-refractivity contribution in [2.24, 2.45) is 10.9 Å². The highest BCUT2D eigenvalue weighted by atomic mass is 32.2. The van der Waals surface area contributed by atoms with Crippen LogP contribution in [0.3, 0.4) is 0 Å². The van der Waals surface area contributed by atoms with E-state index in [2.05, 4.69) is 20.4 Å². The maximum atomic E-state index is 13.1. The van der Waals surface area contributed by atoms with Crippen molar-refractivity contribution in [2.75, 3.05) is 37.1 Å². The van der Waals surface area contributed by atoms with Crippen LogP contribution in [0.2, 0.25) is 0 Å². The van der Waals surface area contributed by atoms with Crippen molar-refractivity contribution in [3.63, 3.8) is 0 Å². The van der Waals surface area contributed by atoms with E-state index < -0.39 is 35.9 Å². The van der Waals surface area contributed by atoms with Gasteiger partial charge in [-0.25, -0.2) is 14.2 Å². The fraction of sp³-hybridized carbons (Fsp3) is 0.333. The molecular formula is C21H22FN7O5S4. The first-order valence-corrected chi connectivity index (χ1v) is 14.7. The van der Waals surface area contributed by atoms with Crippen LogP contribution in [-0.4, -0.2) is 86.2 Å². The standard InChI is InChI=1S/C21H22FN7O5S4/c22-2-5-34-28-14(10-8-37-21(24)26-10)17(30)27-15-18(31)29-16(20(32)33)13(9-36-19(15)29)38-11-1-4-25-7-12(11)35-6-3-23/h1,4,7-8,15,19H,2-3,5-6,9,23H2,(H2,24,26)(H,27,30)(H,32,33)/t15-,19+/m1/s1. The molecule has 2 amide bonds. The third-order valence-corrected chi connectivity index (χ3v) is 9.58. The van der Waals surface area contributed by atoms with Crippen molar-refractivity contribution < 1.29 is 28.7 Å². The number of pyridine rings is 1. The lowest BCUT2D eigenvalue weighted by atomic mass is 10.0. The number of thioether (sulfide) groups is 3. The topological polar surface area (TPSA) is 186 Å². The number of fused-ring (bicyclic) bond motifs is 1. The fourth-order valence-corrected chi connectivity index (χ4v) is 7.48. The van der Waals surface area contributed by atoms with Crippen LogP contribution in [0, 0.1) is 0 Å². The number of nitrogens with zero attached hydrogens (tertiary/aromatic N) is 4. The summed E-state index contributed by atoms with van der Waals surface area (Å²) in [6.07, 6.45) is 3.30. The number of carbonyl (C=O) groups is 3. The third kappa shape index (κ3) is 6.06. The summed E-state index contributed by atoms with van der Waals surface area (Å²) in [6.45, 7) is -0.713. The molecule has 0 aromatic carbocycles. The summed E-state index contributed by atoms with van der Waals surface area (Å²) in [7, 11) is 0. The minimum Gasteiger partial charge on any atom is -0.477 e. The number of anilines is 1. The van der Waals surface area contributed by atoms with Crippen LogP contribution in [0.4, 0.5) is 9.52 Å². The van der Waals surface area contributed by atoms with Gasteiger partial charge >= 0.3 is 5.97 Å². The third-order valence-electron chi connectivity index (χ3n) is 5.08. The molecule has 2 atom stereocenters. The molecule has 0 aliphatic carbocycles. The van der Waals surface area contributed by atoms with E-state index in [9.17, 15) is 23.9 Å². The Hall–Kier alpha value is -2.86. The molecule has 1 saturated heterocycles. The first-order valence-electron chi connectivity index (χ1n) is 11.0. The van der Waals surface area contributed by atoms with Gasteiger partial charge in [0.1, 0.15) is 36.1 Å². The smallest absolute Gasteiger partial charge is 0.353 e. The van der Waals surface area contributed by atoms with E-state index in [0.29, 0.717) is 23.0 Å². The molecule has 0 spiro atoms. The Balaban J connectivity index is 1.53. The molecule has 4 heterocycles. The van der Waals surface area contributed by atoms with E-state index in [1.807, 2.05) is 0 Å². The number of alkyl halides is 1. The van der Waals surface area contributed by atoms with Gasteiger partial charge < -0.3 is 26.7 Å². The number of aromatic nitrogens is 2. The number of nitrogens with two attached hydrogens (primary N) is 2. The quantitative estimate of drug-likeness (QED) is 0.0903. The highest BCUT2D eigenvalue weighted by Crippen LogP contribution is 2.46. The van der Waals surface area contributed by atoms with Gasteiger partial charge in [-0.05, 0) is 6.07 Å². The molecule has 0 unspecified atom stereocenters. The summed E-state index contributed by atoms with van der Waals surface area (Å²) in [5, 5.41) is 17.2. The zero-order valence-electron chi connectivity index (χ0n) is 19.5. The molecule has 12 nitrogen and oxygen atoms in total. The summed E-state index contributed by atoms with van der Waals surface area (Å²) in [5.74, 6) is -1.64. The van der Waals surface area contributed by atoms with Crippen LogP contribution in [0.15, 0.2) is 49.4 Å². The predicted octanol–water partition coefficient (Wildman–Crippen LogP) is 1.35. The van der Waals surface area contributed by atoms with E-state index in [1.54, 1.807) is 18.5 Å². The van der Waals surface area contributed by atoms with Gasteiger partial charge in [0.15, 0.2) is 10.8 Å². The molecule has 2 aromatic rings. The second-order valence-electron chi connectivity index (χ2n) is 7.53. The fourth-order valence-electron chi connectivity index (χ4n) is 3.49. The summed E-state index contributed by atoms with van der Waals surface area (Å²) in [6, 6.07) is 0.775. The molecule has 2 aliphatic rings. The predicted molar refractivity (Wildman–Crippen MR) is 145 cm³/mol. The maximum absolute atomic E-state index is 13.1. The number of amides is 2. The van der Waals surface area contributed by atoms with Crippen LogP contribution in [-0.2, 0) is 19.2 Å². The zero-order chi connectivity index (χ0) is 27.2. The summed E-state index contributed by atoms with van der Waals surface area (Å²) in [4.78, 5) is 54.6. The lowest BCUT2D eigenvalue weighted by molar-refractivity contribution is -0.150. The minimum absolute atomic E-state index is 0.106. The second-order valence-corrected chi connectivity index (χ2v) is 11.8. The number of rotatable bonds is 12. The molecule has 38 heavy (non-hydrogen) atoms. The first-order chi connectivity index (χ1) is 18.3. The lowest BCUT2D eigenvalue weighted by Crippen LogP contribution is -2.71. The molecular weight excluding hydrogens is 578 g/mol. The number of β-lactam (4-membered cyclic amide) rings is 1. The number of halogens is 1. The van der Waals surface area contributed by atoms with Gasteiger partial charge in [-0.2, -0.15) is 0 Å². The maximum Gasteiger partial charge on any atom is 0.353 e. The second kappa shape index (κ2) is 12.8. The average Bonchev–Trinajstić information content (AvgIpc) is 3.34. The van der Waals surface area contributed by atoms with Gasteiger partial charge in [0, 0.05) is 50.5 Å². The number of hydrogen-bond donors (Lipinski definition) is 4. The zero-order valence-corrected chi connectivity index (χ0v) is 22.8. The number of nitrogens with one attached hydrogen (secondary N) is 1. The molecule has 2 aliphatic heterocycles. The minimum atomic E-state index is -1.25. The van der Waals surface area contributed by atoms with Crippen LogP contribution in [0.1, 0.15) is 5.69 Å². The lowest BCUT2D eigenvalue weighted by Gasteiger charge is -2.49. The number of carboxylic acids is 1. The van der Waals surface area contributed by atoms with Gasteiger partial charge in [0.05, 0.1) is 0 Å². The molecule has 17 heteroatoms. The molecule has 202 valence electrons. The van der Waals surface area contributed by atoms with Gasteiger partial charge in [-0.3, -0.25) is 19.5 Å². The summed E-state index contributed by atoms with van der Waals surface area (Å²) < 4.78 is 12.5. The SMILES string of the molecule is NCCSc1cnccc1SC1=C(C(=O)O)N2C(=O)[C@@H](NC(=O)C(=NOCCF)c3csc(N)n3)[C@@H]2SC1. The number of carboxylic acid groups (broad SMARTS) is 1. The summed E-state index contributed by atoms with van der Waals surface area (Å²) in [5.41, 5.74) is 11.0. The Kier molecular flexibility index (Phi) is 9.48. The van der Waals surface area contributed by atoms with Crippen molar-refractivity contribution in [1.82, 2.24) is 20.2 Å². The number of aliphatic carboxylic acids is 1. The Morgan fingerprint density at radius 2 is 2.21 bits per heavy atom. The van der Waals surface area contributed by atoms with Crippen LogP contribution in [0.25, 0.3) is 0 Å². The van der Waals surface area contributed by atoms with E-state index >= 15 is 0 Å². The van der Waals surface area contributed by atoms with Crippen molar-refractivity contribution >= 4 is 75.2 Å². The normalized spacial score (nSPS) is 19.2. The van der Waals surface area contributed by atoms with Crippen molar-refractivity contribution in [1.29, 1.82) is 0 Å². The Bertz CT molecular complexity index is 1290. The Morgan fingerprint density at radius 1 is 1.39 bits per heavy atom. The largest absolute Gasteiger partial charge is 0.477 e. The van der Waals surface area contributed by atoms with Crippen molar-refractivity contribution in [2.45, 2.75) is 21.2 Å². The molecule has 0 radical (unpaired) electrons. The van der Waals surface area contributed by atoms with Gasteiger partial charge in [0.2, 0.25) is 0 Å². The molecule has 2 aromatic heterocycles. The van der Waals surface area contributed by atoms with Crippen LogP contribution in [0.5, 0.6) is 0 Å². The molecule has 1 fully saturated rings. The number of nitrogen functional groups attached to an aromatic ring is 1. The van der Waals surface area contributed by atoms with Crippen molar-refractivity contribution in [3.8, 4) is 0 Å². The first kappa shape index (κ1) is 28.2. The van der Waals surface area contributed by atoms with Crippen LogP contribution >= 0.6 is 46.6 Å². The van der Waals surface area contributed by atoms with Gasteiger partial charge in [-0.1, -0.05) is 16.9 Å². The van der Waals surface area contributed by atoms with E-state index in [0.717, 1.165) is 21.1 Å². The average molecular weight is 600 g/mol. The number of hydrogen-bond acceptors (Lipinski definition) is 13. The van der Waals surface area contributed by atoms with E-state index in [4.69, 9.17) is 16.3 Å². The van der Waals surface area contributed by atoms with Crippen LogP contribution < -0.4 is 16.8 Å². The van der Waals surface area contributed by atoms with E-state index in [1.165, 1.54) is 45.6 Å². The van der Waals surface area contributed by atoms with E-state index in [-0.39, 0.29) is 28.8 Å². The monoisotopic (exact) mass is 599 g/mol. The molecule has 6 N–H and O–H groups in total. The number of carbonyl (C=O) groups excluding carboxylic acids is 2. The van der Waals surface area contributed by atoms with Crippen molar-refractivity contribution in [3.05, 3.63) is 40.1 Å². The Labute approximate surface area is 232 Å². The number of oxime groups is 1. The highest BCUT2D eigenvalue weighted by molar-refractivity contribution is 8.07.